The number of nitro groups is 1. The topological polar surface area (TPSA) is 125 Å². The van der Waals surface area contributed by atoms with Crippen LogP contribution in [0.2, 0.25) is 0 Å². The number of aliphatic hydroxyl groups excluding tert-OH is 3. The molecule has 0 saturated carbocycles. The van der Waals surface area contributed by atoms with Gasteiger partial charge >= 0.3 is 0 Å². The Bertz CT molecular complexity index is 451. The fourth-order valence-electron chi connectivity index (χ4n) is 1.78. The predicted octanol–water partition coefficient (Wildman–Crippen LogP) is -0.554. The molecule has 4 N–H and O–H groups in total. The summed E-state index contributed by atoms with van der Waals surface area (Å²) in [5.41, 5.74) is 0.448. The molecule has 0 aliphatic carbocycles. The van der Waals surface area contributed by atoms with E-state index in [2.05, 4.69) is 5.32 Å². The smallest absolute Gasteiger partial charge is 0.269 e. The maximum Gasteiger partial charge on any atom is 0.269 e. The molecule has 104 valence electrons. The standard InChI is InChI=1S/C11H14N2O6/c14-8-5-19-11(10(16)9(8)15)12-6-1-3-7(4-2-6)13(17)18/h1-4,8-12,14-16H,5H2/t8-,9-,10+,11-/m1/s1. The fraction of sp³-hybridized carbons (Fsp3) is 0.455. The van der Waals surface area contributed by atoms with Crippen LogP contribution in [0.25, 0.3) is 0 Å². The van der Waals surface area contributed by atoms with Crippen molar-refractivity contribution in [1.29, 1.82) is 0 Å². The zero-order valence-corrected chi connectivity index (χ0v) is 9.84. The first-order valence-electron chi connectivity index (χ1n) is 5.66. The van der Waals surface area contributed by atoms with Crippen molar-refractivity contribution in [2.75, 3.05) is 11.9 Å². The number of nitro benzene ring substituents is 1. The first-order chi connectivity index (χ1) is 8.99. The molecule has 0 radical (unpaired) electrons. The number of ether oxygens (including phenoxy) is 1. The Kier molecular flexibility index (Phi) is 3.96. The molecule has 0 amide bonds. The minimum Gasteiger partial charge on any atom is -0.388 e. The van der Waals surface area contributed by atoms with E-state index in [9.17, 15) is 25.4 Å². The van der Waals surface area contributed by atoms with Gasteiger partial charge in [-0.2, -0.15) is 0 Å². The van der Waals surface area contributed by atoms with Crippen LogP contribution in [0.15, 0.2) is 24.3 Å². The first-order valence-corrected chi connectivity index (χ1v) is 5.66. The summed E-state index contributed by atoms with van der Waals surface area (Å²) in [5.74, 6) is 0. The van der Waals surface area contributed by atoms with E-state index in [1.807, 2.05) is 0 Å². The van der Waals surface area contributed by atoms with Crippen LogP contribution in [0.5, 0.6) is 0 Å². The predicted molar refractivity (Wildman–Crippen MR) is 64.5 cm³/mol. The van der Waals surface area contributed by atoms with E-state index in [1.54, 1.807) is 0 Å². The fourth-order valence-corrected chi connectivity index (χ4v) is 1.78. The maximum absolute atomic E-state index is 10.5. The molecule has 8 heteroatoms. The molecule has 1 aromatic rings. The number of rotatable bonds is 3. The average Bonchev–Trinajstić information content (AvgIpc) is 2.40. The monoisotopic (exact) mass is 270 g/mol. The third-order valence-electron chi connectivity index (χ3n) is 2.89. The Labute approximate surface area is 108 Å². The molecule has 0 aromatic heterocycles. The van der Waals surface area contributed by atoms with Crippen LogP contribution in [0.4, 0.5) is 11.4 Å². The second kappa shape index (κ2) is 5.49. The van der Waals surface area contributed by atoms with Gasteiger partial charge < -0.3 is 25.4 Å². The van der Waals surface area contributed by atoms with Crippen LogP contribution in [0, 0.1) is 10.1 Å². The van der Waals surface area contributed by atoms with Crippen molar-refractivity contribution in [2.24, 2.45) is 0 Å². The highest BCUT2D eigenvalue weighted by atomic mass is 16.6. The average molecular weight is 270 g/mol. The second-order valence-corrected chi connectivity index (χ2v) is 4.25. The number of nitrogens with one attached hydrogen (secondary N) is 1. The summed E-state index contributed by atoms with van der Waals surface area (Å²) >= 11 is 0. The zero-order chi connectivity index (χ0) is 14.0. The third kappa shape index (κ3) is 2.99. The largest absolute Gasteiger partial charge is 0.388 e. The van der Waals surface area contributed by atoms with Crippen LogP contribution < -0.4 is 5.32 Å². The molecule has 1 saturated heterocycles. The van der Waals surface area contributed by atoms with Gasteiger partial charge in [-0.1, -0.05) is 0 Å². The number of benzene rings is 1. The van der Waals surface area contributed by atoms with Crippen molar-refractivity contribution < 1.29 is 25.0 Å². The number of nitrogens with zero attached hydrogens (tertiary/aromatic N) is 1. The Balaban J connectivity index is 2.03. The Morgan fingerprint density at radius 1 is 1.21 bits per heavy atom. The molecule has 1 heterocycles. The lowest BCUT2D eigenvalue weighted by Gasteiger charge is -2.35. The normalized spacial score (nSPS) is 30.9. The van der Waals surface area contributed by atoms with Crippen LogP contribution >= 0.6 is 0 Å². The van der Waals surface area contributed by atoms with Crippen molar-refractivity contribution in [1.82, 2.24) is 0 Å². The van der Waals surface area contributed by atoms with Crippen LogP contribution in [-0.4, -0.2) is 51.4 Å². The van der Waals surface area contributed by atoms with E-state index in [0.717, 1.165) is 0 Å². The van der Waals surface area contributed by atoms with Gasteiger partial charge in [-0.3, -0.25) is 10.1 Å². The Morgan fingerprint density at radius 2 is 1.84 bits per heavy atom. The lowest BCUT2D eigenvalue weighted by atomic mass is 10.0. The summed E-state index contributed by atoms with van der Waals surface area (Å²) < 4.78 is 5.15. The van der Waals surface area contributed by atoms with Crippen LogP contribution in [-0.2, 0) is 4.74 Å². The molecule has 4 atom stereocenters. The summed E-state index contributed by atoms with van der Waals surface area (Å²) in [7, 11) is 0. The van der Waals surface area contributed by atoms with Gasteiger partial charge in [0.05, 0.1) is 11.5 Å². The maximum atomic E-state index is 10.5. The van der Waals surface area contributed by atoms with Gasteiger partial charge in [-0.05, 0) is 12.1 Å². The van der Waals surface area contributed by atoms with E-state index in [4.69, 9.17) is 4.74 Å². The van der Waals surface area contributed by atoms with Gasteiger partial charge in [0.25, 0.3) is 5.69 Å². The molecular formula is C11H14N2O6. The third-order valence-corrected chi connectivity index (χ3v) is 2.89. The number of aliphatic hydroxyl groups is 3. The Hall–Kier alpha value is -1.74. The SMILES string of the molecule is O=[N+]([O-])c1ccc(N[C@@H]2OC[C@@H](O)[C@@H](O)[C@@H]2O)cc1. The summed E-state index contributed by atoms with van der Waals surface area (Å²) in [6, 6.07) is 5.54. The zero-order valence-electron chi connectivity index (χ0n) is 9.84. The molecule has 0 bridgehead atoms. The van der Waals surface area contributed by atoms with Gasteiger partial charge in [-0.25, -0.2) is 0 Å². The van der Waals surface area contributed by atoms with Gasteiger partial charge in [0.15, 0.2) is 6.23 Å². The van der Waals surface area contributed by atoms with Crippen molar-refractivity contribution in [2.45, 2.75) is 24.5 Å². The lowest BCUT2D eigenvalue weighted by molar-refractivity contribution is -0.384. The highest BCUT2D eigenvalue weighted by Gasteiger charge is 2.37. The van der Waals surface area contributed by atoms with E-state index < -0.39 is 29.5 Å². The molecule has 0 unspecified atom stereocenters. The quantitative estimate of drug-likeness (QED) is 0.428. The highest BCUT2D eigenvalue weighted by Crippen LogP contribution is 2.20. The van der Waals surface area contributed by atoms with Gasteiger partial charge in [0.2, 0.25) is 0 Å². The van der Waals surface area contributed by atoms with E-state index >= 15 is 0 Å². The summed E-state index contributed by atoms with van der Waals surface area (Å²) in [6.45, 7) is -0.108. The number of hydrogen-bond donors (Lipinski definition) is 4. The number of anilines is 1. The molecule has 1 fully saturated rings. The second-order valence-electron chi connectivity index (χ2n) is 4.25. The lowest BCUT2D eigenvalue weighted by Crippen LogP contribution is -2.55. The van der Waals surface area contributed by atoms with Gasteiger partial charge in [0.1, 0.15) is 18.3 Å². The number of non-ortho nitro benzene ring substituents is 1. The van der Waals surface area contributed by atoms with Gasteiger partial charge in [0, 0.05) is 17.8 Å². The molecule has 1 aliphatic heterocycles. The minimum absolute atomic E-state index is 0.0499. The van der Waals surface area contributed by atoms with E-state index in [0.29, 0.717) is 5.69 Å². The molecule has 1 aromatic carbocycles. The highest BCUT2D eigenvalue weighted by molar-refractivity contribution is 5.49. The summed E-state index contributed by atoms with van der Waals surface area (Å²) in [5, 5.41) is 41.8. The number of hydrogen-bond acceptors (Lipinski definition) is 7. The molecule has 1 aliphatic rings. The van der Waals surface area contributed by atoms with Gasteiger partial charge in [-0.15, -0.1) is 0 Å². The molecule has 2 rings (SSSR count). The van der Waals surface area contributed by atoms with E-state index in [1.165, 1.54) is 24.3 Å². The molecule has 8 nitrogen and oxygen atoms in total. The summed E-state index contributed by atoms with van der Waals surface area (Å²) in [6.07, 6.45) is -4.62. The van der Waals surface area contributed by atoms with E-state index in [-0.39, 0.29) is 12.3 Å². The molecule has 0 spiro atoms. The van der Waals surface area contributed by atoms with Crippen molar-refractivity contribution in [3.63, 3.8) is 0 Å². The first kappa shape index (κ1) is 13.7. The van der Waals surface area contributed by atoms with Crippen LogP contribution in [0.3, 0.4) is 0 Å². The van der Waals surface area contributed by atoms with Crippen molar-refractivity contribution in [3.05, 3.63) is 34.4 Å². The van der Waals surface area contributed by atoms with Crippen LogP contribution in [0.1, 0.15) is 0 Å². The van der Waals surface area contributed by atoms with Crippen molar-refractivity contribution >= 4 is 11.4 Å². The van der Waals surface area contributed by atoms with Crippen molar-refractivity contribution in [3.8, 4) is 0 Å². The Morgan fingerprint density at radius 3 is 2.42 bits per heavy atom. The summed E-state index contributed by atoms with van der Waals surface area (Å²) in [4.78, 5) is 9.97. The molecule has 19 heavy (non-hydrogen) atoms. The molecular weight excluding hydrogens is 256 g/mol. The minimum atomic E-state index is -1.30.